The molecular weight excluding hydrogens is 270 g/mol. The largest absolute Gasteiger partial charge is 0.385 e. The van der Waals surface area contributed by atoms with Crippen molar-refractivity contribution in [1.29, 1.82) is 0 Å². The van der Waals surface area contributed by atoms with Gasteiger partial charge in [-0.05, 0) is 19.5 Å². The minimum atomic E-state index is -0.355. The summed E-state index contributed by atoms with van der Waals surface area (Å²) in [7, 11) is 2.09. The Balaban J connectivity index is 2.09. The van der Waals surface area contributed by atoms with E-state index in [0.717, 1.165) is 50.5 Å². The number of piperazine rings is 1. The van der Waals surface area contributed by atoms with Crippen LogP contribution in [0.25, 0.3) is 0 Å². The number of nitro benzene ring substituents is 1. The number of benzene rings is 1. The molecule has 116 valence electrons. The van der Waals surface area contributed by atoms with E-state index in [1.165, 1.54) is 0 Å². The number of nitrogens with one attached hydrogen (secondary N) is 2. The summed E-state index contributed by atoms with van der Waals surface area (Å²) < 4.78 is 0. The molecule has 1 fully saturated rings. The lowest BCUT2D eigenvalue weighted by atomic mass is 10.2. The van der Waals surface area contributed by atoms with Gasteiger partial charge in [0.2, 0.25) is 0 Å². The number of non-ortho nitro benzene ring substituents is 1. The number of hydrogen-bond acceptors (Lipinski definition) is 6. The highest BCUT2D eigenvalue weighted by Gasteiger charge is 2.15. The maximum absolute atomic E-state index is 11.0. The molecule has 1 heterocycles. The van der Waals surface area contributed by atoms with Crippen LogP contribution >= 0.6 is 0 Å². The van der Waals surface area contributed by atoms with Crippen molar-refractivity contribution in [2.75, 3.05) is 50.5 Å². The van der Waals surface area contributed by atoms with E-state index in [4.69, 9.17) is 0 Å². The van der Waals surface area contributed by atoms with Crippen molar-refractivity contribution in [2.24, 2.45) is 0 Å². The second kappa shape index (κ2) is 7.24. The van der Waals surface area contributed by atoms with Gasteiger partial charge in [0, 0.05) is 50.5 Å². The fourth-order valence-corrected chi connectivity index (χ4v) is 2.25. The average molecular weight is 293 g/mol. The molecule has 1 aliphatic rings. The van der Waals surface area contributed by atoms with Crippen LogP contribution in [0.5, 0.6) is 0 Å². The Morgan fingerprint density at radius 3 is 2.48 bits per heavy atom. The molecule has 0 saturated carbocycles. The number of nitrogens with zero attached hydrogens (tertiary/aromatic N) is 3. The summed E-state index contributed by atoms with van der Waals surface area (Å²) in [6.45, 7) is 6.64. The third kappa shape index (κ3) is 4.57. The smallest absolute Gasteiger partial charge is 0.273 e. The molecule has 1 aromatic carbocycles. The number of nitro groups is 1. The molecule has 1 saturated heterocycles. The normalized spacial score (nSPS) is 16.7. The van der Waals surface area contributed by atoms with Crippen LogP contribution in [0, 0.1) is 10.1 Å². The number of rotatable bonds is 6. The Labute approximate surface area is 125 Å². The fourth-order valence-electron chi connectivity index (χ4n) is 2.25. The van der Waals surface area contributed by atoms with Crippen molar-refractivity contribution >= 4 is 17.1 Å². The van der Waals surface area contributed by atoms with Gasteiger partial charge < -0.3 is 15.6 Å². The summed E-state index contributed by atoms with van der Waals surface area (Å²) in [6, 6.07) is 5.07. The van der Waals surface area contributed by atoms with E-state index in [1.807, 2.05) is 6.07 Å². The van der Waals surface area contributed by atoms with Crippen LogP contribution < -0.4 is 10.7 Å². The van der Waals surface area contributed by atoms with Crippen molar-refractivity contribution in [3.8, 4) is 0 Å². The van der Waals surface area contributed by atoms with Crippen molar-refractivity contribution in [2.45, 2.75) is 13.3 Å². The third-order valence-electron chi connectivity index (χ3n) is 3.50. The maximum Gasteiger partial charge on any atom is 0.273 e. The number of hydrazine groups is 1. The molecule has 0 spiro atoms. The Morgan fingerprint density at radius 2 is 1.86 bits per heavy atom. The molecular formula is C14H23N5O2. The van der Waals surface area contributed by atoms with E-state index in [0.29, 0.717) is 0 Å². The predicted molar refractivity (Wildman–Crippen MR) is 84.6 cm³/mol. The molecule has 0 atom stereocenters. The molecule has 0 unspecified atom stereocenters. The Kier molecular flexibility index (Phi) is 5.35. The maximum atomic E-state index is 11.0. The molecule has 0 aliphatic carbocycles. The quantitative estimate of drug-likeness (QED) is 0.617. The molecule has 7 heteroatoms. The van der Waals surface area contributed by atoms with Crippen molar-refractivity contribution in [3.05, 3.63) is 28.3 Å². The van der Waals surface area contributed by atoms with Crippen LogP contribution in [0.1, 0.15) is 13.3 Å². The number of hydrogen-bond donors (Lipinski definition) is 2. The highest BCUT2D eigenvalue weighted by atomic mass is 16.6. The van der Waals surface area contributed by atoms with E-state index in [-0.39, 0.29) is 10.6 Å². The Morgan fingerprint density at radius 1 is 1.19 bits per heavy atom. The first-order valence-corrected chi connectivity index (χ1v) is 7.32. The van der Waals surface area contributed by atoms with Gasteiger partial charge in [-0.15, -0.1) is 0 Å². The molecule has 2 N–H and O–H groups in total. The zero-order valence-electron chi connectivity index (χ0n) is 12.6. The number of anilines is 2. The van der Waals surface area contributed by atoms with E-state index in [2.05, 4.69) is 34.6 Å². The Bertz CT molecular complexity index is 486. The lowest BCUT2D eigenvalue weighted by Crippen LogP contribution is -2.46. The zero-order valence-corrected chi connectivity index (χ0v) is 12.6. The Hall–Kier alpha value is -1.86. The summed E-state index contributed by atoms with van der Waals surface area (Å²) in [5.74, 6) is 0. The second-order valence-corrected chi connectivity index (χ2v) is 5.35. The van der Waals surface area contributed by atoms with Crippen molar-refractivity contribution in [3.63, 3.8) is 0 Å². The van der Waals surface area contributed by atoms with Gasteiger partial charge in [-0.25, -0.2) is 5.01 Å². The first kappa shape index (κ1) is 15.5. The van der Waals surface area contributed by atoms with E-state index in [9.17, 15) is 10.1 Å². The summed E-state index contributed by atoms with van der Waals surface area (Å²) in [6.07, 6.45) is 0.976. The number of likely N-dealkylation sites (N-methyl/N-ethyl adjacent to an activating group) is 1. The van der Waals surface area contributed by atoms with Crippen LogP contribution in [0.15, 0.2) is 18.2 Å². The first-order valence-electron chi connectivity index (χ1n) is 7.32. The molecule has 1 aliphatic heterocycles. The highest BCUT2D eigenvalue weighted by Crippen LogP contribution is 2.25. The van der Waals surface area contributed by atoms with Crippen LogP contribution in [0.3, 0.4) is 0 Å². The van der Waals surface area contributed by atoms with Crippen LogP contribution in [-0.4, -0.2) is 54.6 Å². The van der Waals surface area contributed by atoms with Gasteiger partial charge in [-0.2, -0.15) is 0 Å². The molecule has 1 aromatic rings. The van der Waals surface area contributed by atoms with Crippen LogP contribution in [-0.2, 0) is 0 Å². The van der Waals surface area contributed by atoms with Gasteiger partial charge in [0.05, 0.1) is 10.6 Å². The van der Waals surface area contributed by atoms with E-state index < -0.39 is 0 Å². The topological polar surface area (TPSA) is 73.7 Å². The minimum Gasteiger partial charge on any atom is -0.385 e. The molecule has 0 aromatic heterocycles. The third-order valence-corrected chi connectivity index (χ3v) is 3.50. The monoisotopic (exact) mass is 293 g/mol. The van der Waals surface area contributed by atoms with Crippen LogP contribution in [0.4, 0.5) is 17.1 Å². The second-order valence-electron chi connectivity index (χ2n) is 5.35. The van der Waals surface area contributed by atoms with Gasteiger partial charge in [0.15, 0.2) is 0 Å². The standard InChI is InChI=1S/C14H23N5O2/c1-3-4-15-12-9-13(11-14(10-12)19(20)21)16-18-7-5-17(2)6-8-18/h9-11,15-16H,3-8H2,1-2H3. The van der Waals surface area contributed by atoms with Gasteiger partial charge >= 0.3 is 0 Å². The summed E-state index contributed by atoms with van der Waals surface area (Å²) in [5.41, 5.74) is 4.92. The van der Waals surface area contributed by atoms with Gasteiger partial charge in [0.25, 0.3) is 5.69 Å². The zero-order chi connectivity index (χ0) is 15.2. The summed E-state index contributed by atoms with van der Waals surface area (Å²) in [5, 5.41) is 16.3. The lowest BCUT2D eigenvalue weighted by molar-refractivity contribution is -0.384. The van der Waals surface area contributed by atoms with Crippen molar-refractivity contribution < 1.29 is 4.92 Å². The highest BCUT2D eigenvalue weighted by molar-refractivity contribution is 5.63. The molecule has 21 heavy (non-hydrogen) atoms. The van der Waals surface area contributed by atoms with E-state index >= 15 is 0 Å². The van der Waals surface area contributed by atoms with Crippen LogP contribution in [0.2, 0.25) is 0 Å². The van der Waals surface area contributed by atoms with Crippen molar-refractivity contribution in [1.82, 2.24) is 9.91 Å². The van der Waals surface area contributed by atoms with E-state index in [1.54, 1.807) is 12.1 Å². The minimum absolute atomic E-state index is 0.104. The molecule has 0 radical (unpaired) electrons. The molecule has 2 rings (SSSR count). The summed E-state index contributed by atoms with van der Waals surface area (Å²) in [4.78, 5) is 13.0. The first-order chi connectivity index (χ1) is 10.1. The lowest BCUT2D eigenvalue weighted by Gasteiger charge is -2.33. The van der Waals surface area contributed by atoms with Gasteiger partial charge in [-0.3, -0.25) is 10.1 Å². The SMILES string of the molecule is CCCNc1cc(NN2CCN(C)CC2)cc([N+](=O)[O-])c1. The van der Waals surface area contributed by atoms with Gasteiger partial charge in [-0.1, -0.05) is 6.92 Å². The molecule has 0 amide bonds. The summed E-state index contributed by atoms with van der Waals surface area (Å²) >= 11 is 0. The molecule has 7 nitrogen and oxygen atoms in total. The fraction of sp³-hybridized carbons (Fsp3) is 0.571. The predicted octanol–water partition coefficient (Wildman–Crippen LogP) is 1.99. The molecule has 0 bridgehead atoms. The average Bonchev–Trinajstić information content (AvgIpc) is 2.47. The van der Waals surface area contributed by atoms with Gasteiger partial charge in [0.1, 0.15) is 0 Å².